The zero-order chi connectivity index (χ0) is 14.0. The normalized spacial score (nSPS) is 19.5. The molecule has 0 radical (unpaired) electrons. The Labute approximate surface area is 112 Å². The monoisotopic (exact) mass is 262 g/mol. The van der Waals surface area contributed by atoms with Crippen LogP contribution in [0.3, 0.4) is 0 Å². The van der Waals surface area contributed by atoms with Crippen LogP contribution in [0.25, 0.3) is 6.08 Å². The Morgan fingerprint density at radius 3 is 2.84 bits per heavy atom. The molecule has 102 valence electrons. The minimum Gasteiger partial charge on any atom is -0.472 e. The number of hydrazine groups is 1. The standard InChI is InChI=1S/C14H18N2O3/c1-4-15-14(2,3)9-13(18)16(15)12(17)6-5-11-7-8-19-10-11/h5-8,10H,4,9H2,1-3H3/b6-5+. The van der Waals surface area contributed by atoms with E-state index in [-0.39, 0.29) is 17.4 Å². The van der Waals surface area contributed by atoms with Crippen LogP contribution in [0.15, 0.2) is 29.1 Å². The number of rotatable bonds is 3. The third kappa shape index (κ3) is 2.61. The maximum atomic E-state index is 12.2. The lowest BCUT2D eigenvalue weighted by Gasteiger charge is -2.33. The molecule has 0 spiro atoms. The molecule has 0 N–H and O–H groups in total. The van der Waals surface area contributed by atoms with E-state index in [0.29, 0.717) is 13.0 Å². The van der Waals surface area contributed by atoms with Crippen LogP contribution in [-0.2, 0) is 9.59 Å². The van der Waals surface area contributed by atoms with Crippen LogP contribution in [0.5, 0.6) is 0 Å². The lowest BCUT2D eigenvalue weighted by atomic mass is 10.0. The van der Waals surface area contributed by atoms with E-state index in [1.165, 1.54) is 23.6 Å². The third-order valence-corrected chi connectivity index (χ3v) is 3.23. The average molecular weight is 262 g/mol. The minimum atomic E-state index is -0.321. The van der Waals surface area contributed by atoms with E-state index in [4.69, 9.17) is 4.42 Å². The van der Waals surface area contributed by atoms with Gasteiger partial charge in [0.05, 0.1) is 12.5 Å². The smallest absolute Gasteiger partial charge is 0.268 e. The van der Waals surface area contributed by atoms with E-state index >= 15 is 0 Å². The van der Waals surface area contributed by atoms with E-state index in [1.54, 1.807) is 17.2 Å². The number of furan rings is 1. The molecule has 0 aliphatic carbocycles. The van der Waals surface area contributed by atoms with Crippen LogP contribution in [0.4, 0.5) is 0 Å². The lowest BCUT2D eigenvalue weighted by molar-refractivity contribution is -0.155. The van der Waals surface area contributed by atoms with Crippen LogP contribution in [0.1, 0.15) is 32.8 Å². The molecule has 0 unspecified atom stereocenters. The quantitative estimate of drug-likeness (QED) is 0.782. The molecule has 2 heterocycles. The third-order valence-electron chi connectivity index (χ3n) is 3.23. The second-order valence-corrected chi connectivity index (χ2v) is 5.14. The lowest BCUT2D eigenvalue weighted by Crippen LogP contribution is -2.49. The molecule has 1 saturated heterocycles. The second kappa shape index (κ2) is 5.01. The molecule has 19 heavy (non-hydrogen) atoms. The first kappa shape index (κ1) is 13.5. The van der Waals surface area contributed by atoms with Gasteiger partial charge in [-0.15, -0.1) is 0 Å². The van der Waals surface area contributed by atoms with E-state index in [0.717, 1.165) is 5.56 Å². The van der Waals surface area contributed by atoms with Gasteiger partial charge in [0.25, 0.3) is 5.91 Å². The predicted molar refractivity (Wildman–Crippen MR) is 70.7 cm³/mol. The van der Waals surface area contributed by atoms with Crippen molar-refractivity contribution in [2.24, 2.45) is 0 Å². The van der Waals surface area contributed by atoms with E-state index in [2.05, 4.69) is 0 Å². The van der Waals surface area contributed by atoms with Crippen molar-refractivity contribution in [2.75, 3.05) is 6.54 Å². The van der Waals surface area contributed by atoms with Crippen LogP contribution in [0.2, 0.25) is 0 Å². The number of hydrogen-bond acceptors (Lipinski definition) is 4. The van der Waals surface area contributed by atoms with Crippen LogP contribution >= 0.6 is 0 Å². The highest BCUT2D eigenvalue weighted by Gasteiger charge is 2.45. The Morgan fingerprint density at radius 2 is 2.26 bits per heavy atom. The SMILES string of the molecule is CCN1N(C(=O)/C=C/c2ccoc2)C(=O)CC1(C)C. The second-order valence-electron chi connectivity index (χ2n) is 5.14. The Kier molecular flexibility index (Phi) is 3.57. The first-order chi connectivity index (χ1) is 8.95. The molecule has 2 amide bonds. The fourth-order valence-corrected chi connectivity index (χ4v) is 2.36. The molecule has 1 aliphatic rings. The summed E-state index contributed by atoms with van der Waals surface area (Å²) in [5, 5.41) is 3.04. The van der Waals surface area contributed by atoms with Gasteiger partial charge < -0.3 is 4.42 Å². The van der Waals surface area contributed by atoms with Crippen molar-refractivity contribution in [1.29, 1.82) is 0 Å². The van der Waals surface area contributed by atoms with Gasteiger partial charge in [-0.25, -0.2) is 10.0 Å². The molecule has 5 nitrogen and oxygen atoms in total. The van der Waals surface area contributed by atoms with Crippen LogP contribution in [0, 0.1) is 0 Å². The summed E-state index contributed by atoms with van der Waals surface area (Å²) in [5.74, 6) is -0.479. The summed E-state index contributed by atoms with van der Waals surface area (Å²) in [5.41, 5.74) is 0.479. The minimum absolute atomic E-state index is 0.159. The predicted octanol–water partition coefficient (Wildman–Crippen LogP) is 2.07. The fraction of sp³-hybridized carbons (Fsp3) is 0.429. The summed E-state index contributed by atoms with van der Waals surface area (Å²) in [6.07, 6.45) is 6.46. The Hall–Kier alpha value is -1.88. The molecule has 1 aliphatic heterocycles. The zero-order valence-electron chi connectivity index (χ0n) is 11.4. The number of nitrogens with zero attached hydrogens (tertiary/aromatic N) is 2. The summed E-state index contributed by atoms with van der Waals surface area (Å²) in [4.78, 5) is 24.1. The van der Waals surface area contributed by atoms with Crippen molar-refractivity contribution in [2.45, 2.75) is 32.7 Å². The first-order valence-corrected chi connectivity index (χ1v) is 6.30. The molecule has 1 fully saturated rings. The van der Waals surface area contributed by atoms with Gasteiger partial charge in [-0.2, -0.15) is 0 Å². The first-order valence-electron chi connectivity index (χ1n) is 6.30. The van der Waals surface area contributed by atoms with E-state index in [1.807, 2.05) is 20.8 Å². The zero-order valence-corrected chi connectivity index (χ0v) is 11.4. The van der Waals surface area contributed by atoms with Crippen LogP contribution < -0.4 is 0 Å². The highest BCUT2D eigenvalue weighted by atomic mass is 16.3. The molecule has 2 rings (SSSR count). The topological polar surface area (TPSA) is 53.8 Å². The largest absolute Gasteiger partial charge is 0.472 e. The summed E-state index contributed by atoms with van der Waals surface area (Å²) >= 11 is 0. The van der Waals surface area contributed by atoms with E-state index < -0.39 is 0 Å². The van der Waals surface area contributed by atoms with Crippen molar-refractivity contribution in [3.8, 4) is 0 Å². The Morgan fingerprint density at radius 1 is 1.53 bits per heavy atom. The molecule has 0 aromatic carbocycles. The fourth-order valence-electron chi connectivity index (χ4n) is 2.36. The molecular weight excluding hydrogens is 244 g/mol. The van der Waals surface area contributed by atoms with Gasteiger partial charge in [-0.3, -0.25) is 9.59 Å². The maximum absolute atomic E-state index is 12.2. The number of carbonyl (C=O) groups excluding carboxylic acids is 2. The van der Waals surface area contributed by atoms with Gasteiger partial charge in [-0.05, 0) is 26.0 Å². The van der Waals surface area contributed by atoms with Crippen LogP contribution in [-0.4, -0.2) is 33.9 Å². The van der Waals surface area contributed by atoms with Gasteiger partial charge in [0.15, 0.2) is 0 Å². The number of imide groups is 1. The van der Waals surface area contributed by atoms with Crippen molar-refractivity contribution < 1.29 is 14.0 Å². The van der Waals surface area contributed by atoms with Crippen molar-refractivity contribution >= 4 is 17.9 Å². The molecule has 1 aromatic rings. The summed E-state index contributed by atoms with van der Waals surface area (Å²) < 4.78 is 4.92. The number of hydrogen-bond donors (Lipinski definition) is 0. The number of amides is 2. The molecule has 1 aromatic heterocycles. The van der Waals surface area contributed by atoms with Gasteiger partial charge in [0.1, 0.15) is 0 Å². The summed E-state index contributed by atoms with van der Waals surface area (Å²) in [6, 6.07) is 1.75. The Balaban J connectivity index is 2.16. The van der Waals surface area contributed by atoms with E-state index in [9.17, 15) is 9.59 Å². The molecule has 0 saturated carbocycles. The van der Waals surface area contributed by atoms with Gasteiger partial charge in [-0.1, -0.05) is 6.92 Å². The Bertz CT molecular complexity index is 503. The molecule has 0 atom stereocenters. The van der Waals surface area contributed by atoms with Gasteiger partial charge in [0.2, 0.25) is 5.91 Å². The molecular formula is C14H18N2O3. The summed E-state index contributed by atoms with van der Waals surface area (Å²) in [6.45, 7) is 6.47. The molecule has 0 bridgehead atoms. The van der Waals surface area contributed by atoms with Crippen molar-refractivity contribution in [3.63, 3.8) is 0 Å². The van der Waals surface area contributed by atoms with Crippen molar-refractivity contribution in [1.82, 2.24) is 10.0 Å². The van der Waals surface area contributed by atoms with Gasteiger partial charge in [0, 0.05) is 30.1 Å². The van der Waals surface area contributed by atoms with Gasteiger partial charge >= 0.3 is 0 Å². The highest BCUT2D eigenvalue weighted by Crippen LogP contribution is 2.29. The number of carbonyl (C=O) groups is 2. The highest BCUT2D eigenvalue weighted by molar-refractivity contribution is 6.03. The maximum Gasteiger partial charge on any atom is 0.268 e. The molecule has 5 heteroatoms. The average Bonchev–Trinajstić information content (AvgIpc) is 2.91. The van der Waals surface area contributed by atoms with Crippen molar-refractivity contribution in [3.05, 3.63) is 30.2 Å². The summed E-state index contributed by atoms with van der Waals surface area (Å²) in [7, 11) is 0.